The lowest BCUT2D eigenvalue weighted by atomic mass is 10.2. The van der Waals surface area contributed by atoms with Gasteiger partial charge >= 0.3 is 12.1 Å². The minimum absolute atomic E-state index is 0.0406. The summed E-state index contributed by atoms with van der Waals surface area (Å²) in [4.78, 5) is 22.4. The van der Waals surface area contributed by atoms with Crippen molar-refractivity contribution in [3.63, 3.8) is 0 Å². The number of alkyl halides is 3. The van der Waals surface area contributed by atoms with Crippen LogP contribution in [0, 0.1) is 0 Å². The quantitative estimate of drug-likeness (QED) is 0.755. The Morgan fingerprint density at radius 1 is 1.33 bits per heavy atom. The van der Waals surface area contributed by atoms with Crippen LogP contribution in [0.3, 0.4) is 0 Å². The Bertz CT molecular complexity index is 534. The summed E-state index contributed by atoms with van der Waals surface area (Å²) >= 11 is 3.05. The van der Waals surface area contributed by atoms with Crippen LogP contribution in [0.15, 0.2) is 22.7 Å². The number of carboxylic acids is 1. The Morgan fingerprint density at radius 2 is 2.00 bits per heavy atom. The third kappa shape index (κ3) is 6.58. The molecule has 0 saturated carbocycles. The highest BCUT2D eigenvalue weighted by Gasteiger charge is 2.27. The smallest absolute Gasteiger partial charge is 0.411 e. The molecule has 0 aromatic heterocycles. The fourth-order valence-corrected chi connectivity index (χ4v) is 1.76. The van der Waals surface area contributed by atoms with Gasteiger partial charge in [0.2, 0.25) is 5.91 Å². The summed E-state index contributed by atoms with van der Waals surface area (Å²) in [5.41, 5.74) is 0.192. The molecule has 0 aliphatic heterocycles. The number of nitrogens with one attached hydrogen (secondary N) is 1. The van der Waals surface area contributed by atoms with Gasteiger partial charge in [-0.3, -0.25) is 4.79 Å². The fraction of sp³-hybridized carbons (Fsp3) is 0.333. The summed E-state index contributed by atoms with van der Waals surface area (Å²) in [6.07, 6.45) is -4.70. The van der Waals surface area contributed by atoms with E-state index in [0.29, 0.717) is 4.47 Å². The second-order valence-electron chi connectivity index (χ2n) is 3.97. The maximum absolute atomic E-state index is 11.8. The number of amides is 1. The third-order valence-corrected chi connectivity index (χ3v) is 2.91. The summed E-state index contributed by atoms with van der Waals surface area (Å²) in [5, 5.41) is 11.3. The molecule has 1 amide bonds. The molecule has 2 N–H and O–H groups in total. The summed E-state index contributed by atoms with van der Waals surface area (Å²) in [6, 6.07) is 4.14. The van der Waals surface area contributed by atoms with Gasteiger partial charge in [-0.15, -0.1) is 0 Å². The summed E-state index contributed by atoms with van der Waals surface area (Å²) in [7, 11) is 0. The second kappa shape index (κ2) is 7.41. The molecule has 21 heavy (non-hydrogen) atoms. The van der Waals surface area contributed by atoms with E-state index in [9.17, 15) is 22.8 Å². The molecule has 1 aromatic carbocycles. The molecule has 0 unspecified atom stereocenters. The van der Waals surface area contributed by atoms with Gasteiger partial charge < -0.3 is 15.2 Å². The number of benzene rings is 1. The number of hydrogen-bond acceptors (Lipinski definition) is 3. The van der Waals surface area contributed by atoms with Gasteiger partial charge in [-0.05, 0) is 34.1 Å². The van der Waals surface area contributed by atoms with E-state index in [0.717, 1.165) is 0 Å². The highest BCUT2D eigenvalue weighted by molar-refractivity contribution is 9.10. The van der Waals surface area contributed by atoms with Crippen LogP contribution < -0.4 is 5.32 Å². The molecule has 0 spiro atoms. The van der Waals surface area contributed by atoms with Gasteiger partial charge in [-0.1, -0.05) is 0 Å². The molecule has 0 radical (unpaired) electrons. The first-order valence-corrected chi connectivity index (χ1v) is 6.45. The van der Waals surface area contributed by atoms with E-state index in [1.165, 1.54) is 18.2 Å². The van der Waals surface area contributed by atoms with Gasteiger partial charge in [0.1, 0.15) is 6.61 Å². The first-order chi connectivity index (χ1) is 9.69. The maximum Gasteiger partial charge on any atom is 0.411 e. The van der Waals surface area contributed by atoms with E-state index in [4.69, 9.17) is 5.11 Å². The molecule has 0 bridgehead atoms. The zero-order valence-corrected chi connectivity index (χ0v) is 12.1. The van der Waals surface area contributed by atoms with E-state index in [1.54, 1.807) is 0 Å². The third-order valence-electron chi connectivity index (χ3n) is 2.22. The van der Waals surface area contributed by atoms with Crippen LogP contribution in [-0.2, 0) is 9.53 Å². The first-order valence-electron chi connectivity index (χ1n) is 5.66. The minimum atomic E-state index is -4.43. The van der Waals surface area contributed by atoms with Gasteiger partial charge in [-0.2, -0.15) is 13.2 Å². The Hall–Kier alpha value is -1.61. The molecule has 0 aliphatic rings. The van der Waals surface area contributed by atoms with Crippen molar-refractivity contribution in [3.8, 4) is 0 Å². The van der Waals surface area contributed by atoms with Crippen molar-refractivity contribution < 1.29 is 32.6 Å². The number of rotatable bonds is 6. The highest BCUT2D eigenvalue weighted by atomic mass is 79.9. The Labute approximate surface area is 126 Å². The topological polar surface area (TPSA) is 75.6 Å². The van der Waals surface area contributed by atoms with E-state index >= 15 is 0 Å². The average Bonchev–Trinajstić information content (AvgIpc) is 2.35. The SMILES string of the molecule is O=C(CCOCC(F)(F)F)Nc1ccc(Br)c(C(=O)O)c1. The van der Waals surface area contributed by atoms with Crippen molar-refractivity contribution in [3.05, 3.63) is 28.2 Å². The van der Waals surface area contributed by atoms with Gasteiger partial charge in [0.05, 0.1) is 18.6 Å². The summed E-state index contributed by atoms with van der Waals surface area (Å²) in [6.45, 7) is -1.80. The van der Waals surface area contributed by atoms with Crippen molar-refractivity contribution in [2.24, 2.45) is 0 Å². The largest absolute Gasteiger partial charge is 0.478 e. The van der Waals surface area contributed by atoms with Gasteiger partial charge in [0, 0.05) is 10.2 Å². The number of carbonyl (C=O) groups excluding carboxylic acids is 1. The van der Waals surface area contributed by atoms with E-state index in [2.05, 4.69) is 26.0 Å². The molecule has 0 fully saturated rings. The number of anilines is 1. The molecule has 1 rings (SSSR count). The molecular formula is C12H11BrF3NO4. The minimum Gasteiger partial charge on any atom is -0.478 e. The van der Waals surface area contributed by atoms with Crippen molar-refractivity contribution in [1.29, 1.82) is 0 Å². The normalized spacial score (nSPS) is 11.2. The van der Waals surface area contributed by atoms with Crippen molar-refractivity contribution in [1.82, 2.24) is 0 Å². The number of ether oxygens (including phenoxy) is 1. The average molecular weight is 370 g/mol. The molecule has 0 heterocycles. The zero-order chi connectivity index (χ0) is 16.0. The molecule has 116 valence electrons. The van der Waals surface area contributed by atoms with E-state index < -0.39 is 24.7 Å². The van der Waals surface area contributed by atoms with Crippen LogP contribution in [-0.4, -0.2) is 36.4 Å². The lowest BCUT2D eigenvalue weighted by molar-refractivity contribution is -0.174. The molecule has 0 saturated heterocycles. The van der Waals surface area contributed by atoms with Gasteiger partial charge in [-0.25, -0.2) is 4.79 Å². The second-order valence-corrected chi connectivity index (χ2v) is 4.82. The highest BCUT2D eigenvalue weighted by Crippen LogP contribution is 2.21. The number of halogens is 4. The van der Waals surface area contributed by atoms with Crippen LogP contribution in [0.1, 0.15) is 16.8 Å². The van der Waals surface area contributed by atoms with Crippen molar-refractivity contribution >= 4 is 33.5 Å². The summed E-state index contributed by atoms with van der Waals surface area (Å²) < 4.78 is 40.0. The number of aromatic carboxylic acids is 1. The van der Waals surface area contributed by atoms with Crippen LogP contribution in [0.4, 0.5) is 18.9 Å². The predicted molar refractivity (Wildman–Crippen MR) is 71.2 cm³/mol. The monoisotopic (exact) mass is 369 g/mol. The van der Waals surface area contributed by atoms with Crippen LogP contribution in [0.5, 0.6) is 0 Å². The summed E-state index contributed by atoms with van der Waals surface area (Å²) in [5.74, 6) is -1.75. The van der Waals surface area contributed by atoms with Crippen LogP contribution in [0.25, 0.3) is 0 Å². The molecule has 0 aliphatic carbocycles. The van der Waals surface area contributed by atoms with Gasteiger partial charge in [0.15, 0.2) is 0 Å². The Balaban J connectivity index is 2.48. The van der Waals surface area contributed by atoms with Crippen LogP contribution in [0.2, 0.25) is 0 Å². The maximum atomic E-state index is 11.8. The Morgan fingerprint density at radius 3 is 2.57 bits per heavy atom. The fourth-order valence-electron chi connectivity index (χ4n) is 1.34. The van der Waals surface area contributed by atoms with Crippen LogP contribution >= 0.6 is 15.9 Å². The first kappa shape index (κ1) is 17.4. The van der Waals surface area contributed by atoms with E-state index in [-0.39, 0.29) is 24.3 Å². The van der Waals surface area contributed by atoms with E-state index in [1.807, 2.05) is 0 Å². The predicted octanol–water partition coefficient (Wildman–Crippen LogP) is 3.05. The molecular weight excluding hydrogens is 359 g/mol. The standard InChI is InChI=1S/C12H11BrF3NO4/c13-9-2-1-7(5-8(9)11(19)20)17-10(18)3-4-21-6-12(14,15)16/h1-2,5H,3-4,6H2,(H,17,18)(H,19,20). The van der Waals surface area contributed by atoms with Crippen molar-refractivity contribution in [2.75, 3.05) is 18.5 Å². The molecule has 5 nitrogen and oxygen atoms in total. The molecule has 1 aromatic rings. The Kier molecular flexibility index (Phi) is 6.16. The van der Waals surface area contributed by atoms with Gasteiger partial charge in [0.25, 0.3) is 0 Å². The molecule has 9 heteroatoms. The molecule has 0 atom stereocenters. The number of hydrogen-bond donors (Lipinski definition) is 2. The lowest BCUT2D eigenvalue weighted by Crippen LogP contribution is -2.20. The number of carbonyl (C=O) groups is 2. The number of carboxylic acid groups (broad SMARTS) is 1. The van der Waals surface area contributed by atoms with Crippen molar-refractivity contribution in [2.45, 2.75) is 12.6 Å². The lowest BCUT2D eigenvalue weighted by Gasteiger charge is -2.09. The zero-order valence-electron chi connectivity index (χ0n) is 10.5.